The molecule has 4 rings (SSSR count). The molecule has 0 aliphatic carbocycles. The van der Waals surface area contributed by atoms with E-state index < -0.39 is 0 Å². The second-order valence-corrected chi connectivity index (χ2v) is 5.09. The Labute approximate surface area is 126 Å². The predicted molar refractivity (Wildman–Crippen MR) is 80.2 cm³/mol. The number of hydrogen-bond acceptors (Lipinski definition) is 5. The van der Waals surface area contributed by atoms with Crippen molar-refractivity contribution in [3.05, 3.63) is 59.4 Å². The van der Waals surface area contributed by atoms with Gasteiger partial charge in [0.15, 0.2) is 17.6 Å². The van der Waals surface area contributed by atoms with Crippen LogP contribution in [0.1, 0.15) is 0 Å². The fourth-order valence-corrected chi connectivity index (χ4v) is 2.51. The first-order valence-corrected chi connectivity index (χ1v) is 6.99. The van der Waals surface area contributed by atoms with Crippen LogP contribution in [0.5, 0.6) is 11.5 Å². The number of ether oxygens (including phenoxy) is 2. The first-order valence-electron chi connectivity index (χ1n) is 6.99. The van der Waals surface area contributed by atoms with Gasteiger partial charge >= 0.3 is 0 Å². The van der Waals surface area contributed by atoms with Gasteiger partial charge in [0.25, 0.3) is 5.56 Å². The van der Waals surface area contributed by atoms with Crippen molar-refractivity contribution in [1.82, 2.24) is 14.5 Å². The number of pyridine rings is 1. The van der Waals surface area contributed by atoms with Gasteiger partial charge in [-0.1, -0.05) is 12.1 Å². The monoisotopic (exact) mass is 295 g/mol. The van der Waals surface area contributed by atoms with E-state index in [2.05, 4.69) is 9.97 Å². The van der Waals surface area contributed by atoms with Crippen molar-refractivity contribution in [2.24, 2.45) is 0 Å². The first-order chi connectivity index (χ1) is 10.8. The third-order valence-corrected chi connectivity index (χ3v) is 3.60. The summed E-state index contributed by atoms with van der Waals surface area (Å²) in [5, 5.41) is 0.551. The molecular formula is C16H13N3O3. The highest BCUT2D eigenvalue weighted by atomic mass is 16.6. The van der Waals surface area contributed by atoms with E-state index in [1.54, 1.807) is 23.0 Å². The molecule has 1 aliphatic heterocycles. The standard InChI is InChI=1S/C16H13N3O3/c20-16-12-5-6-17-7-13(12)18-10-19(16)8-11-9-21-14-3-1-2-4-15(14)22-11/h1-7,10-11H,8-9H2. The molecule has 0 amide bonds. The number of aromatic nitrogens is 3. The Hall–Kier alpha value is -2.89. The summed E-state index contributed by atoms with van der Waals surface area (Å²) in [6, 6.07) is 9.18. The molecule has 22 heavy (non-hydrogen) atoms. The average Bonchev–Trinajstić information content (AvgIpc) is 2.57. The van der Waals surface area contributed by atoms with Gasteiger partial charge in [0.05, 0.1) is 30.0 Å². The Morgan fingerprint density at radius 2 is 2.09 bits per heavy atom. The van der Waals surface area contributed by atoms with Gasteiger partial charge in [-0.15, -0.1) is 0 Å². The maximum Gasteiger partial charge on any atom is 0.261 e. The summed E-state index contributed by atoms with van der Waals surface area (Å²) in [4.78, 5) is 20.7. The van der Waals surface area contributed by atoms with Crippen LogP contribution in [0, 0.1) is 0 Å². The maximum atomic E-state index is 12.4. The van der Waals surface area contributed by atoms with Gasteiger partial charge in [0.2, 0.25) is 0 Å². The zero-order valence-electron chi connectivity index (χ0n) is 11.7. The smallest absolute Gasteiger partial charge is 0.261 e. The van der Waals surface area contributed by atoms with Gasteiger partial charge in [-0.3, -0.25) is 14.3 Å². The first kappa shape index (κ1) is 12.8. The number of nitrogens with zero attached hydrogens (tertiary/aromatic N) is 3. The molecule has 110 valence electrons. The molecule has 0 saturated carbocycles. The summed E-state index contributed by atoms with van der Waals surface area (Å²) in [6.45, 7) is 0.788. The van der Waals surface area contributed by atoms with Gasteiger partial charge in [0.1, 0.15) is 6.61 Å². The summed E-state index contributed by atoms with van der Waals surface area (Å²) in [6.07, 6.45) is 4.47. The summed E-state index contributed by atoms with van der Waals surface area (Å²) in [5.74, 6) is 1.43. The molecule has 6 heteroatoms. The highest BCUT2D eigenvalue weighted by Gasteiger charge is 2.21. The predicted octanol–water partition coefficient (Wildman–Crippen LogP) is 1.63. The quantitative estimate of drug-likeness (QED) is 0.719. The fraction of sp³-hybridized carbons (Fsp3) is 0.188. The summed E-state index contributed by atoms with van der Waals surface area (Å²) < 4.78 is 13.1. The Morgan fingerprint density at radius 3 is 3.00 bits per heavy atom. The highest BCUT2D eigenvalue weighted by molar-refractivity contribution is 5.75. The van der Waals surface area contributed by atoms with E-state index in [1.807, 2.05) is 24.3 Å². The molecule has 6 nitrogen and oxygen atoms in total. The number of fused-ring (bicyclic) bond motifs is 2. The van der Waals surface area contributed by atoms with Crippen LogP contribution < -0.4 is 15.0 Å². The van der Waals surface area contributed by atoms with E-state index in [1.165, 1.54) is 6.33 Å². The largest absolute Gasteiger partial charge is 0.486 e. The molecule has 0 radical (unpaired) electrons. The van der Waals surface area contributed by atoms with E-state index in [4.69, 9.17) is 9.47 Å². The lowest BCUT2D eigenvalue weighted by Crippen LogP contribution is -2.36. The molecule has 1 aromatic carbocycles. The van der Waals surface area contributed by atoms with Crippen LogP contribution in [0.3, 0.4) is 0 Å². The molecule has 2 aromatic heterocycles. The van der Waals surface area contributed by atoms with Crippen LogP contribution in [0.4, 0.5) is 0 Å². The fourth-order valence-electron chi connectivity index (χ4n) is 2.51. The summed E-state index contributed by atoms with van der Waals surface area (Å²) in [7, 11) is 0. The Kier molecular flexibility index (Phi) is 3.00. The summed E-state index contributed by atoms with van der Waals surface area (Å²) in [5.41, 5.74) is 0.491. The topological polar surface area (TPSA) is 66.2 Å². The van der Waals surface area contributed by atoms with Crippen LogP contribution in [-0.4, -0.2) is 27.2 Å². The average molecular weight is 295 g/mol. The van der Waals surface area contributed by atoms with Crippen LogP contribution in [0.25, 0.3) is 10.9 Å². The molecule has 3 heterocycles. The molecule has 0 fully saturated rings. The van der Waals surface area contributed by atoms with Crippen LogP contribution in [0.15, 0.2) is 53.8 Å². The molecule has 1 atom stereocenters. The normalized spacial score (nSPS) is 16.6. The number of rotatable bonds is 2. The van der Waals surface area contributed by atoms with E-state index in [0.717, 1.165) is 5.75 Å². The third kappa shape index (κ3) is 2.18. The SMILES string of the molecule is O=c1c2ccncc2ncn1CC1COc2ccccc2O1. The highest BCUT2D eigenvalue weighted by Crippen LogP contribution is 2.31. The Morgan fingerprint density at radius 1 is 1.23 bits per heavy atom. The molecule has 0 spiro atoms. The van der Waals surface area contributed by atoms with Gasteiger partial charge in [-0.25, -0.2) is 4.98 Å². The van der Waals surface area contributed by atoms with Crippen molar-refractivity contribution in [3.8, 4) is 11.5 Å². The van der Waals surface area contributed by atoms with Crippen molar-refractivity contribution in [2.45, 2.75) is 12.6 Å². The zero-order chi connectivity index (χ0) is 14.9. The molecule has 1 unspecified atom stereocenters. The van der Waals surface area contributed by atoms with Crippen molar-refractivity contribution in [1.29, 1.82) is 0 Å². The van der Waals surface area contributed by atoms with Crippen LogP contribution in [0.2, 0.25) is 0 Å². The van der Waals surface area contributed by atoms with Gasteiger partial charge in [0, 0.05) is 6.20 Å². The van der Waals surface area contributed by atoms with Gasteiger partial charge < -0.3 is 9.47 Å². The molecule has 0 bridgehead atoms. The van der Waals surface area contributed by atoms with Crippen molar-refractivity contribution in [2.75, 3.05) is 6.61 Å². The van der Waals surface area contributed by atoms with Gasteiger partial charge in [-0.2, -0.15) is 0 Å². The molecule has 1 aliphatic rings. The Balaban J connectivity index is 1.62. The lowest BCUT2D eigenvalue weighted by atomic mass is 10.2. The number of hydrogen-bond donors (Lipinski definition) is 0. The van der Waals surface area contributed by atoms with Crippen molar-refractivity contribution >= 4 is 10.9 Å². The van der Waals surface area contributed by atoms with Crippen molar-refractivity contribution in [3.63, 3.8) is 0 Å². The van der Waals surface area contributed by atoms with Gasteiger partial charge in [-0.05, 0) is 18.2 Å². The van der Waals surface area contributed by atoms with Crippen molar-refractivity contribution < 1.29 is 9.47 Å². The van der Waals surface area contributed by atoms with Crippen LogP contribution in [-0.2, 0) is 6.54 Å². The Bertz CT molecular complexity index is 891. The van der Waals surface area contributed by atoms with E-state index in [-0.39, 0.29) is 11.7 Å². The minimum Gasteiger partial charge on any atom is -0.486 e. The molecular weight excluding hydrogens is 282 g/mol. The third-order valence-electron chi connectivity index (χ3n) is 3.60. The molecule has 0 N–H and O–H groups in total. The minimum atomic E-state index is -0.228. The molecule has 0 saturated heterocycles. The van der Waals surface area contributed by atoms with E-state index in [0.29, 0.717) is 29.8 Å². The molecule has 3 aromatic rings. The second-order valence-electron chi connectivity index (χ2n) is 5.09. The lowest BCUT2D eigenvalue weighted by molar-refractivity contribution is 0.0777. The lowest BCUT2D eigenvalue weighted by Gasteiger charge is -2.26. The maximum absolute atomic E-state index is 12.4. The summed E-state index contributed by atoms with van der Waals surface area (Å²) >= 11 is 0. The van der Waals surface area contributed by atoms with E-state index >= 15 is 0 Å². The second kappa shape index (κ2) is 5.14. The minimum absolute atomic E-state index is 0.102. The number of benzene rings is 1. The zero-order valence-corrected chi connectivity index (χ0v) is 11.7. The number of para-hydroxylation sites is 2. The van der Waals surface area contributed by atoms with Crippen LogP contribution >= 0.6 is 0 Å². The van der Waals surface area contributed by atoms with E-state index in [9.17, 15) is 4.79 Å².